The van der Waals surface area contributed by atoms with Gasteiger partial charge >= 0.3 is 116 Å². The Labute approximate surface area is 297 Å². The third-order valence-corrected chi connectivity index (χ3v) is 9.19. The van der Waals surface area contributed by atoms with Gasteiger partial charge in [0, 0.05) is 0 Å². The monoisotopic (exact) mass is 716 g/mol. The van der Waals surface area contributed by atoms with Crippen molar-refractivity contribution in [3.05, 3.63) is 159 Å². The number of hydrogen-bond donors (Lipinski definition) is 0. The van der Waals surface area contributed by atoms with E-state index in [2.05, 4.69) is 115 Å². The fraction of sp³-hybridized carbons (Fsp3) is 0.250. The van der Waals surface area contributed by atoms with Gasteiger partial charge in [0.1, 0.15) is 0 Å². The molecule has 0 heterocycles. The molecule has 0 N–H and O–H groups in total. The Hall–Kier alpha value is -2.15. The number of aryl methyl sites for hydroxylation is 1. The molecule has 0 fully saturated rings. The molecular weight excluding hydrogens is 678 g/mol. The maximum atomic E-state index is 6.00. The van der Waals surface area contributed by atoms with Gasteiger partial charge in [0.15, 0.2) is 0 Å². The predicted octanol–water partition coefficient (Wildman–Crippen LogP) is 4.83. The minimum Gasteiger partial charge on any atom is -1.00 e. The third-order valence-electron chi connectivity index (χ3n) is 7.54. The van der Waals surface area contributed by atoms with E-state index in [-0.39, 0.29) is 35.6 Å². The van der Waals surface area contributed by atoms with Crippen LogP contribution in [-0.2, 0) is 41.5 Å². The standard InChI is InChI=1S/C21H25.C14H11Cl.C5H5.2ClH.Zr/c1-20(2,3)16-9-7-14-11-15-8-10-17(21(4,5)6)13-19(15)18(14)12-16;1-11-5-7-12(8-6-11)9-13-3-2-4-14(15)10-13;1-2-4-5-3-1;;;/h7,9-10,12-13H,11H2,1-6H3;2-8,10H,1H3;1-5H;2*1H;/q-1;;-1;;;+2/p-2. The molecule has 4 heteroatoms. The van der Waals surface area contributed by atoms with Crippen molar-refractivity contribution in [3.63, 3.8) is 0 Å². The van der Waals surface area contributed by atoms with Crippen molar-refractivity contribution in [3.8, 4) is 11.1 Å². The Kier molecular flexibility index (Phi) is 14.2. The second-order valence-corrected chi connectivity index (χ2v) is 14.7. The normalized spacial score (nSPS) is 11.3. The smallest absolute Gasteiger partial charge is 0.172 e. The minimum absolute atomic E-state index is 0. The number of halogens is 3. The Morgan fingerprint density at radius 2 is 1.34 bits per heavy atom. The largest absolute Gasteiger partial charge is 1.00 e. The summed E-state index contributed by atoms with van der Waals surface area (Å²) in [7, 11) is 0. The van der Waals surface area contributed by atoms with Crippen molar-refractivity contribution in [2.75, 3.05) is 0 Å². The fourth-order valence-electron chi connectivity index (χ4n) is 4.84. The molecule has 0 aliphatic heterocycles. The first kappa shape index (κ1) is 38.0. The molecule has 0 bridgehead atoms. The van der Waals surface area contributed by atoms with E-state index in [1.165, 1.54) is 77.5 Å². The molecule has 1 aliphatic rings. The fourth-order valence-corrected chi connectivity index (χ4v) is 5.82. The summed E-state index contributed by atoms with van der Waals surface area (Å²) in [5.74, 6) is 0. The van der Waals surface area contributed by atoms with Gasteiger partial charge in [-0.3, -0.25) is 0 Å². The molecule has 5 aromatic carbocycles. The third kappa shape index (κ3) is 10.2. The summed E-state index contributed by atoms with van der Waals surface area (Å²) in [6, 6.07) is 41.7. The van der Waals surface area contributed by atoms with Crippen LogP contribution in [0.3, 0.4) is 0 Å². The van der Waals surface area contributed by atoms with Gasteiger partial charge in [-0.1, -0.05) is 76.3 Å². The summed E-state index contributed by atoms with van der Waals surface area (Å²) in [6.07, 6.45) is 1.03. The van der Waals surface area contributed by atoms with E-state index in [0.29, 0.717) is 0 Å². The van der Waals surface area contributed by atoms with Gasteiger partial charge in [-0.25, -0.2) is 12.1 Å². The molecule has 0 saturated carbocycles. The molecule has 5 aromatic rings. The van der Waals surface area contributed by atoms with Crippen LogP contribution in [0.1, 0.15) is 80.5 Å². The Bertz CT molecular complexity index is 1560. The second-order valence-electron chi connectivity index (χ2n) is 13.0. The topological polar surface area (TPSA) is 0 Å². The molecular formula is C40H41Cl3Zr-2. The van der Waals surface area contributed by atoms with E-state index in [9.17, 15) is 0 Å². The van der Waals surface area contributed by atoms with Gasteiger partial charge in [-0.05, 0) is 17.4 Å². The SMILES string of the molecule is CC(C)(C)c1c[c-]c2c(c1)-c1cc(C(C)(C)C)ccc1C2.Cc1ccc([C](=[Zr+2])c2cccc(Cl)c2)cc1.[Cl-].[Cl-].c1cc[cH-]c1. The number of fused-ring (bicyclic) bond motifs is 3. The predicted molar refractivity (Wildman–Crippen MR) is 179 cm³/mol. The van der Waals surface area contributed by atoms with Crippen LogP contribution in [0.2, 0.25) is 5.02 Å². The van der Waals surface area contributed by atoms with Crippen LogP contribution >= 0.6 is 11.6 Å². The van der Waals surface area contributed by atoms with Gasteiger partial charge in [0.05, 0.1) is 0 Å². The molecule has 0 spiro atoms. The van der Waals surface area contributed by atoms with Crippen molar-refractivity contribution in [1.82, 2.24) is 0 Å². The molecule has 0 unspecified atom stereocenters. The second kappa shape index (κ2) is 16.4. The van der Waals surface area contributed by atoms with Crippen molar-refractivity contribution in [2.45, 2.75) is 65.7 Å². The average Bonchev–Trinajstić information content (AvgIpc) is 3.64. The van der Waals surface area contributed by atoms with Crippen LogP contribution in [0.15, 0.2) is 109 Å². The van der Waals surface area contributed by atoms with Gasteiger partial charge < -0.3 is 24.8 Å². The summed E-state index contributed by atoms with van der Waals surface area (Å²) >= 11 is 7.40. The van der Waals surface area contributed by atoms with Gasteiger partial charge in [0.2, 0.25) is 0 Å². The Morgan fingerprint density at radius 1 is 0.727 bits per heavy atom. The van der Waals surface area contributed by atoms with E-state index < -0.39 is 0 Å². The summed E-state index contributed by atoms with van der Waals surface area (Å²) in [5.41, 5.74) is 12.6. The van der Waals surface area contributed by atoms with E-state index in [0.717, 1.165) is 11.4 Å². The van der Waals surface area contributed by atoms with Crippen molar-refractivity contribution < 1.29 is 49.0 Å². The zero-order valence-corrected chi connectivity index (χ0v) is 31.5. The quantitative estimate of drug-likeness (QED) is 0.225. The first-order valence-corrected chi connectivity index (χ1v) is 16.2. The minimum atomic E-state index is 0. The maximum Gasteiger partial charge on any atom is -0.172 e. The molecule has 0 amide bonds. The maximum absolute atomic E-state index is 6.00. The van der Waals surface area contributed by atoms with Gasteiger partial charge in [-0.2, -0.15) is 47.5 Å². The van der Waals surface area contributed by atoms with Crippen LogP contribution in [0, 0.1) is 13.0 Å². The van der Waals surface area contributed by atoms with Crippen LogP contribution < -0.4 is 24.8 Å². The van der Waals surface area contributed by atoms with Gasteiger partial charge in [-0.15, -0.1) is 5.56 Å². The number of hydrogen-bond acceptors (Lipinski definition) is 0. The summed E-state index contributed by atoms with van der Waals surface area (Å²) in [4.78, 5) is 0. The summed E-state index contributed by atoms with van der Waals surface area (Å²) in [6.45, 7) is 15.7. The molecule has 6 rings (SSSR count). The Morgan fingerprint density at radius 3 is 1.89 bits per heavy atom. The van der Waals surface area contributed by atoms with Crippen molar-refractivity contribution in [2.24, 2.45) is 0 Å². The molecule has 0 radical (unpaired) electrons. The number of benzene rings is 4. The average molecular weight is 719 g/mol. The molecule has 0 nitrogen and oxygen atoms in total. The number of rotatable bonds is 2. The molecule has 1 aliphatic carbocycles. The van der Waals surface area contributed by atoms with Gasteiger partial charge in [0.25, 0.3) is 0 Å². The van der Waals surface area contributed by atoms with Crippen molar-refractivity contribution in [1.29, 1.82) is 0 Å². The summed E-state index contributed by atoms with van der Waals surface area (Å²) in [5, 5.41) is 0.796. The first-order chi connectivity index (χ1) is 19.8. The Balaban J connectivity index is 0.000000260. The molecule has 228 valence electrons. The molecule has 0 saturated heterocycles. The van der Waals surface area contributed by atoms with Crippen LogP contribution in [0.25, 0.3) is 11.1 Å². The van der Waals surface area contributed by atoms with Crippen molar-refractivity contribution >= 4 is 14.8 Å². The molecule has 0 aromatic heterocycles. The van der Waals surface area contributed by atoms with Crippen LogP contribution in [-0.4, -0.2) is 3.21 Å². The van der Waals surface area contributed by atoms with E-state index in [4.69, 9.17) is 11.6 Å². The zero-order chi connectivity index (χ0) is 30.5. The van der Waals surface area contributed by atoms with Crippen LogP contribution in [0.5, 0.6) is 0 Å². The summed E-state index contributed by atoms with van der Waals surface area (Å²) < 4.78 is 1.34. The zero-order valence-electron chi connectivity index (χ0n) is 26.7. The molecule has 0 atom stereocenters. The van der Waals surface area contributed by atoms with E-state index >= 15 is 0 Å². The van der Waals surface area contributed by atoms with Crippen LogP contribution in [0.4, 0.5) is 0 Å². The van der Waals surface area contributed by atoms with E-state index in [1.54, 1.807) is 0 Å². The molecule has 44 heavy (non-hydrogen) atoms. The first-order valence-electron chi connectivity index (χ1n) is 14.6. The van der Waals surface area contributed by atoms with E-state index in [1.807, 2.05) is 48.5 Å².